The molecule has 3 amide bonds. The van der Waals surface area contributed by atoms with Gasteiger partial charge in [0, 0.05) is 54.3 Å². The molecule has 0 aliphatic heterocycles. The molecule has 35 heavy (non-hydrogen) atoms. The van der Waals surface area contributed by atoms with E-state index < -0.39 is 0 Å². The molecule has 11 nitrogen and oxygen atoms in total. The molecule has 1 atom stereocenters. The number of halogens is 1. The summed E-state index contributed by atoms with van der Waals surface area (Å²) in [7, 11) is 0. The monoisotopic (exact) mass is 625 g/mol. The van der Waals surface area contributed by atoms with Crippen LogP contribution in [-0.4, -0.2) is 94.8 Å². The maximum atomic E-state index is 13.3. The molecule has 1 aromatic heterocycles. The predicted octanol–water partition coefficient (Wildman–Crippen LogP) is -0.0601. The molecule has 0 aliphatic rings. The van der Waals surface area contributed by atoms with Gasteiger partial charge >= 0.3 is 0 Å². The largest absolute Gasteiger partial charge is 0.467 e. The van der Waals surface area contributed by atoms with E-state index in [-0.39, 0.29) is 56.5 Å². The average molecular weight is 626 g/mol. The number of thiol groups is 1. The Labute approximate surface area is 227 Å². The number of furan rings is 1. The van der Waals surface area contributed by atoms with Crippen LogP contribution in [-0.2, 0) is 20.9 Å². The van der Waals surface area contributed by atoms with Crippen LogP contribution in [0.5, 0.6) is 0 Å². The van der Waals surface area contributed by atoms with Gasteiger partial charge < -0.3 is 36.7 Å². The van der Waals surface area contributed by atoms with Gasteiger partial charge in [-0.05, 0) is 50.9 Å². The van der Waals surface area contributed by atoms with Crippen LogP contribution in [0, 0.1) is 0 Å². The second kappa shape index (κ2) is 18.8. The lowest BCUT2D eigenvalue weighted by atomic mass is 10.2. The normalized spacial score (nSPS) is 11.9. The summed E-state index contributed by atoms with van der Waals surface area (Å²) >= 11 is 6.30. The Kier molecular flexibility index (Phi) is 17.0. The van der Waals surface area contributed by atoms with Gasteiger partial charge in [-0.2, -0.15) is 12.6 Å². The van der Waals surface area contributed by atoms with Crippen LogP contribution in [0.1, 0.15) is 31.4 Å². The van der Waals surface area contributed by atoms with Gasteiger partial charge in [-0.25, -0.2) is 3.11 Å². The molecule has 200 valence electrons. The van der Waals surface area contributed by atoms with Gasteiger partial charge in [0.15, 0.2) is 0 Å². The van der Waals surface area contributed by atoms with E-state index in [4.69, 9.17) is 21.6 Å². The topological polar surface area (TPSA) is 164 Å². The summed E-state index contributed by atoms with van der Waals surface area (Å²) < 4.78 is 7.28. The van der Waals surface area contributed by atoms with Crippen molar-refractivity contribution >= 4 is 53.2 Å². The Hall–Kier alpha value is -1.39. The number of carbonyl (C=O) groups excluding carboxylic acids is 3. The summed E-state index contributed by atoms with van der Waals surface area (Å²) in [5.41, 5.74) is 16.8. The van der Waals surface area contributed by atoms with E-state index in [1.165, 1.54) is 16.1 Å². The summed E-state index contributed by atoms with van der Waals surface area (Å²) in [4.78, 5) is 41.8. The molecule has 0 radical (unpaired) electrons. The molecule has 1 heterocycles. The number of unbranched alkanes of at least 4 members (excludes halogenated alkanes) is 2. The average Bonchev–Trinajstić information content (AvgIpc) is 3.34. The predicted molar refractivity (Wildman–Crippen MR) is 148 cm³/mol. The standard InChI is InChI=1S/C22H40IN7O4S/c23-30(10-4-2-8-25)16-22(33)28(9-3-1-7-24)15-21(32)29(13-19-6-5-11-34-19)14-20(31)27-18(12-26)17-35/h5-6,11,18,35H,1-4,7-10,12-17,24-26H2,(H,27,31). The van der Waals surface area contributed by atoms with Gasteiger partial charge in [0.2, 0.25) is 17.7 Å². The van der Waals surface area contributed by atoms with E-state index in [0.29, 0.717) is 37.6 Å². The Morgan fingerprint density at radius 3 is 2.20 bits per heavy atom. The van der Waals surface area contributed by atoms with E-state index >= 15 is 0 Å². The van der Waals surface area contributed by atoms with Crippen molar-refractivity contribution in [2.45, 2.75) is 38.3 Å². The van der Waals surface area contributed by atoms with E-state index in [1.54, 1.807) is 12.1 Å². The lowest BCUT2D eigenvalue weighted by Crippen LogP contribution is -2.50. The SMILES string of the molecule is NCCCCN(I)CC(=O)N(CCCCN)CC(=O)N(CC(=O)NC(CN)CS)Cc1ccco1. The fourth-order valence-corrected chi connectivity index (χ4v) is 4.08. The van der Waals surface area contributed by atoms with E-state index in [0.717, 1.165) is 25.8 Å². The van der Waals surface area contributed by atoms with Crippen molar-refractivity contribution in [1.82, 2.24) is 18.2 Å². The van der Waals surface area contributed by atoms with Gasteiger partial charge in [-0.15, -0.1) is 0 Å². The van der Waals surface area contributed by atoms with Crippen molar-refractivity contribution in [2.24, 2.45) is 17.2 Å². The van der Waals surface area contributed by atoms with Crippen LogP contribution in [0.3, 0.4) is 0 Å². The lowest BCUT2D eigenvalue weighted by Gasteiger charge is -2.28. The fourth-order valence-electron chi connectivity index (χ4n) is 3.20. The first-order valence-corrected chi connectivity index (χ1v) is 13.4. The molecule has 7 N–H and O–H groups in total. The quantitative estimate of drug-likeness (QED) is 0.0618. The highest BCUT2D eigenvalue weighted by atomic mass is 127. The minimum Gasteiger partial charge on any atom is -0.467 e. The first kappa shape index (κ1) is 31.6. The minimum atomic E-state index is -0.353. The Morgan fingerprint density at radius 2 is 1.63 bits per heavy atom. The molecular formula is C22H40IN7O4S. The van der Waals surface area contributed by atoms with Crippen molar-refractivity contribution in [3.63, 3.8) is 0 Å². The van der Waals surface area contributed by atoms with Crippen LogP contribution in [0.2, 0.25) is 0 Å². The van der Waals surface area contributed by atoms with Gasteiger partial charge in [0.05, 0.1) is 25.9 Å². The van der Waals surface area contributed by atoms with Crippen LogP contribution in [0.15, 0.2) is 22.8 Å². The number of nitrogens with two attached hydrogens (primary N) is 3. The van der Waals surface area contributed by atoms with Gasteiger partial charge in [0.1, 0.15) is 12.3 Å². The zero-order chi connectivity index (χ0) is 26.1. The number of amides is 3. The molecule has 0 aromatic carbocycles. The third kappa shape index (κ3) is 13.5. The van der Waals surface area contributed by atoms with E-state index in [2.05, 4.69) is 40.8 Å². The van der Waals surface area contributed by atoms with Crippen molar-refractivity contribution in [3.8, 4) is 0 Å². The van der Waals surface area contributed by atoms with Crippen LogP contribution in [0.25, 0.3) is 0 Å². The van der Waals surface area contributed by atoms with Crippen molar-refractivity contribution < 1.29 is 18.8 Å². The zero-order valence-corrected chi connectivity index (χ0v) is 23.3. The maximum Gasteiger partial charge on any atom is 0.243 e. The molecule has 1 rings (SSSR count). The Balaban J connectivity index is 2.89. The number of nitrogens with zero attached hydrogens (tertiary/aromatic N) is 3. The van der Waals surface area contributed by atoms with Gasteiger partial charge in [0.25, 0.3) is 0 Å². The Morgan fingerprint density at radius 1 is 0.971 bits per heavy atom. The first-order chi connectivity index (χ1) is 16.8. The van der Waals surface area contributed by atoms with E-state index in [1.807, 2.05) is 3.11 Å². The number of hydrogen-bond acceptors (Lipinski definition) is 9. The molecule has 0 saturated carbocycles. The third-order valence-electron chi connectivity index (χ3n) is 5.21. The van der Waals surface area contributed by atoms with Crippen molar-refractivity contribution in [2.75, 3.05) is 58.1 Å². The molecule has 0 spiro atoms. The van der Waals surface area contributed by atoms with Crippen LogP contribution < -0.4 is 22.5 Å². The second-order valence-corrected chi connectivity index (χ2v) is 9.89. The number of carbonyl (C=O) groups is 3. The highest BCUT2D eigenvalue weighted by Crippen LogP contribution is 2.09. The Bertz CT molecular complexity index is 737. The third-order valence-corrected chi connectivity index (χ3v) is 6.47. The lowest BCUT2D eigenvalue weighted by molar-refractivity contribution is -0.142. The summed E-state index contributed by atoms with van der Waals surface area (Å²) in [6, 6.07) is 3.15. The number of hydrogen-bond donors (Lipinski definition) is 5. The molecule has 1 unspecified atom stereocenters. The highest BCUT2D eigenvalue weighted by molar-refractivity contribution is 14.1. The maximum absolute atomic E-state index is 13.3. The zero-order valence-electron chi connectivity index (χ0n) is 20.2. The minimum absolute atomic E-state index is 0.107. The summed E-state index contributed by atoms with van der Waals surface area (Å²) in [6.45, 7) is 2.45. The van der Waals surface area contributed by atoms with Crippen LogP contribution >= 0.6 is 35.5 Å². The smallest absolute Gasteiger partial charge is 0.243 e. The highest BCUT2D eigenvalue weighted by Gasteiger charge is 2.25. The van der Waals surface area contributed by atoms with E-state index in [9.17, 15) is 14.4 Å². The van der Waals surface area contributed by atoms with Gasteiger partial charge in [-0.3, -0.25) is 14.4 Å². The molecule has 1 aromatic rings. The molecule has 13 heteroatoms. The molecule has 0 saturated heterocycles. The fraction of sp³-hybridized carbons (Fsp3) is 0.682. The molecule has 0 aliphatic carbocycles. The molecule has 0 fully saturated rings. The first-order valence-electron chi connectivity index (χ1n) is 11.8. The summed E-state index contributed by atoms with van der Waals surface area (Å²) in [6.07, 6.45) is 4.70. The van der Waals surface area contributed by atoms with Crippen molar-refractivity contribution in [1.29, 1.82) is 0 Å². The molecule has 0 bridgehead atoms. The van der Waals surface area contributed by atoms with Crippen LogP contribution in [0.4, 0.5) is 0 Å². The van der Waals surface area contributed by atoms with Gasteiger partial charge in [-0.1, -0.05) is 0 Å². The number of rotatable bonds is 19. The second-order valence-electron chi connectivity index (χ2n) is 8.16. The van der Waals surface area contributed by atoms with Crippen molar-refractivity contribution in [3.05, 3.63) is 24.2 Å². The number of nitrogens with one attached hydrogen (secondary N) is 1. The summed E-state index contributed by atoms with van der Waals surface area (Å²) in [5.74, 6) is 0.0635. The summed E-state index contributed by atoms with van der Waals surface area (Å²) in [5, 5.41) is 2.77. The molecular weight excluding hydrogens is 585 g/mol.